The fraction of sp³-hybridized carbons (Fsp3) is 0. The highest BCUT2D eigenvalue weighted by atomic mass is 15.0. The van der Waals surface area contributed by atoms with Gasteiger partial charge in [-0.1, -0.05) is 115 Å². The van der Waals surface area contributed by atoms with Crippen molar-refractivity contribution in [3.8, 4) is 33.9 Å². The van der Waals surface area contributed by atoms with Crippen LogP contribution in [-0.4, -0.2) is 18.8 Å². The number of hydrogen-bond acceptors (Lipinski definition) is 2. The van der Waals surface area contributed by atoms with Gasteiger partial charge in [-0.15, -0.1) is 0 Å². The largest absolute Gasteiger partial charge is 0.305 e. The summed E-state index contributed by atoms with van der Waals surface area (Å²) < 4.78 is 4.96. The van der Waals surface area contributed by atoms with Crippen molar-refractivity contribution in [3.63, 3.8) is 0 Å². The maximum absolute atomic E-state index is 5.18. The van der Waals surface area contributed by atoms with Crippen molar-refractivity contribution in [1.29, 1.82) is 0 Å². The van der Waals surface area contributed by atoms with Crippen molar-refractivity contribution < 1.29 is 0 Å². The number of fused-ring (bicyclic) bond motifs is 12. The highest BCUT2D eigenvalue weighted by Gasteiger charge is 2.25. The average Bonchev–Trinajstić information content (AvgIpc) is 3.69. The number of para-hydroxylation sites is 3. The van der Waals surface area contributed by atoms with Crippen LogP contribution >= 0.6 is 0 Å². The van der Waals surface area contributed by atoms with Gasteiger partial charge in [0.15, 0.2) is 5.82 Å². The second-order valence-electron chi connectivity index (χ2n) is 12.6. The first-order valence-corrected chi connectivity index (χ1v) is 16.4. The van der Waals surface area contributed by atoms with Gasteiger partial charge in [0.05, 0.1) is 44.5 Å². The Balaban J connectivity index is 1.30. The summed E-state index contributed by atoms with van der Waals surface area (Å²) in [4.78, 5) is 10.4. The first-order chi connectivity index (χ1) is 23.8. The van der Waals surface area contributed by atoms with Crippen LogP contribution in [0, 0.1) is 0 Å². The zero-order valence-electron chi connectivity index (χ0n) is 25.8. The lowest BCUT2D eigenvalue weighted by atomic mass is 9.98. The summed E-state index contributed by atoms with van der Waals surface area (Å²) >= 11 is 0. The summed E-state index contributed by atoms with van der Waals surface area (Å²) in [6.45, 7) is 0. The van der Waals surface area contributed by atoms with Gasteiger partial charge in [-0.2, -0.15) is 0 Å². The molecule has 4 heteroatoms. The molecule has 0 saturated carbocycles. The van der Waals surface area contributed by atoms with E-state index in [9.17, 15) is 0 Å². The minimum absolute atomic E-state index is 0.716. The molecule has 0 bridgehead atoms. The van der Waals surface area contributed by atoms with E-state index in [1.165, 1.54) is 65.4 Å². The van der Waals surface area contributed by atoms with Crippen molar-refractivity contribution in [2.45, 2.75) is 0 Å². The predicted octanol–water partition coefficient (Wildman–Crippen LogP) is 11.2. The van der Waals surface area contributed by atoms with Gasteiger partial charge < -0.3 is 8.80 Å². The number of nitrogens with zero attached hydrogens (tertiary/aromatic N) is 4. The molecule has 48 heavy (non-hydrogen) atoms. The monoisotopic (exact) mass is 610 g/mol. The molecule has 0 N–H and O–H groups in total. The predicted molar refractivity (Wildman–Crippen MR) is 199 cm³/mol. The third-order valence-corrected chi connectivity index (χ3v) is 10.0. The summed E-state index contributed by atoms with van der Waals surface area (Å²) in [6.07, 6.45) is 0. The second kappa shape index (κ2) is 9.50. The van der Waals surface area contributed by atoms with E-state index in [0.717, 1.165) is 28.1 Å². The molecule has 4 heterocycles. The standard InChI is InChI=1S/C44H26N4/c1-3-13-27(14-4-1)34-26-35(28-15-5-2-6-16-28)46-44(45-34)29-23-24-37-33(25-29)41-31-18-8-7-17-30(31)40-32-19-9-10-20-36(32)47-38-21-11-12-22-39(38)48(37)43(41)42(40)47/h1-26H. The minimum Gasteiger partial charge on any atom is -0.305 e. The van der Waals surface area contributed by atoms with Crippen LogP contribution in [0.1, 0.15) is 0 Å². The van der Waals surface area contributed by atoms with Crippen LogP contribution in [-0.2, 0) is 0 Å². The molecule has 7 aromatic carbocycles. The van der Waals surface area contributed by atoms with Gasteiger partial charge in [-0.25, -0.2) is 9.97 Å². The summed E-state index contributed by atoms with van der Waals surface area (Å²) in [5.41, 5.74) is 12.2. The van der Waals surface area contributed by atoms with Gasteiger partial charge >= 0.3 is 0 Å². The molecule has 0 aliphatic rings. The van der Waals surface area contributed by atoms with Gasteiger partial charge in [-0.05, 0) is 53.2 Å². The van der Waals surface area contributed by atoms with Gasteiger partial charge in [0.1, 0.15) is 0 Å². The van der Waals surface area contributed by atoms with Gasteiger partial charge in [0.25, 0.3) is 0 Å². The first kappa shape index (κ1) is 25.6. The summed E-state index contributed by atoms with van der Waals surface area (Å²) in [5, 5.41) is 7.57. The van der Waals surface area contributed by atoms with Crippen LogP contribution in [0.5, 0.6) is 0 Å². The fourth-order valence-electron chi connectivity index (χ4n) is 8.02. The van der Waals surface area contributed by atoms with Crippen LogP contribution in [0.2, 0.25) is 0 Å². The summed E-state index contributed by atoms with van der Waals surface area (Å²) in [7, 11) is 0. The lowest BCUT2D eigenvalue weighted by Gasteiger charge is -2.12. The number of benzene rings is 7. The Morgan fingerprint density at radius 3 is 1.38 bits per heavy atom. The zero-order valence-corrected chi connectivity index (χ0v) is 25.8. The first-order valence-electron chi connectivity index (χ1n) is 16.4. The molecule has 0 aliphatic carbocycles. The Kier molecular flexibility index (Phi) is 5.08. The van der Waals surface area contributed by atoms with Gasteiger partial charge in [0.2, 0.25) is 0 Å². The molecule has 11 rings (SSSR count). The second-order valence-corrected chi connectivity index (χ2v) is 12.6. The third kappa shape index (κ3) is 3.38. The smallest absolute Gasteiger partial charge is 0.160 e. The van der Waals surface area contributed by atoms with E-state index < -0.39 is 0 Å². The maximum Gasteiger partial charge on any atom is 0.160 e. The van der Waals surface area contributed by atoms with E-state index in [2.05, 4.69) is 154 Å². The van der Waals surface area contributed by atoms with E-state index >= 15 is 0 Å². The maximum atomic E-state index is 5.18. The minimum atomic E-state index is 0.716. The number of aromatic nitrogens is 4. The molecule has 0 atom stereocenters. The van der Waals surface area contributed by atoms with Crippen LogP contribution in [0.25, 0.3) is 99.3 Å². The molecule has 11 aromatic rings. The molecule has 222 valence electrons. The van der Waals surface area contributed by atoms with E-state index in [1.807, 2.05) is 12.1 Å². The molecule has 0 fully saturated rings. The Bertz CT molecular complexity index is 2940. The topological polar surface area (TPSA) is 34.6 Å². The third-order valence-electron chi connectivity index (χ3n) is 10.0. The Hall–Kier alpha value is -6.52. The van der Waals surface area contributed by atoms with Gasteiger partial charge in [0, 0.05) is 38.2 Å². The molecule has 0 unspecified atom stereocenters. The molecule has 4 aromatic heterocycles. The lowest BCUT2D eigenvalue weighted by Crippen LogP contribution is -1.97. The van der Waals surface area contributed by atoms with E-state index in [4.69, 9.17) is 9.97 Å². The van der Waals surface area contributed by atoms with E-state index in [0.29, 0.717) is 5.82 Å². The quantitative estimate of drug-likeness (QED) is 0.187. The van der Waals surface area contributed by atoms with Crippen LogP contribution in [0.3, 0.4) is 0 Å². The molecule has 0 aliphatic heterocycles. The fourth-order valence-corrected chi connectivity index (χ4v) is 8.02. The average molecular weight is 611 g/mol. The SMILES string of the molecule is c1ccc(-c2cc(-c3ccccc3)nc(-c3ccc4c(c3)c3c5ccccc5c5c6ccccc6n6c7ccccc7n4c3c56)n2)cc1. The molecule has 0 spiro atoms. The van der Waals surface area contributed by atoms with Crippen LogP contribution in [0.15, 0.2) is 158 Å². The van der Waals surface area contributed by atoms with Crippen molar-refractivity contribution in [3.05, 3.63) is 158 Å². The van der Waals surface area contributed by atoms with E-state index in [1.54, 1.807) is 0 Å². The zero-order chi connectivity index (χ0) is 31.3. The highest BCUT2D eigenvalue weighted by molar-refractivity contribution is 6.37. The Morgan fingerprint density at radius 2 is 0.792 bits per heavy atom. The lowest BCUT2D eigenvalue weighted by molar-refractivity contribution is 1.18. The normalized spacial score (nSPS) is 12.2. The molecular weight excluding hydrogens is 585 g/mol. The van der Waals surface area contributed by atoms with Crippen LogP contribution < -0.4 is 0 Å². The van der Waals surface area contributed by atoms with Crippen molar-refractivity contribution >= 4 is 65.4 Å². The van der Waals surface area contributed by atoms with Crippen molar-refractivity contribution in [2.75, 3.05) is 0 Å². The molecular formula is C44H26N4. The number of hydrogen-bond donors (Lipinski definition) is 0. The Labute approximate surface area is 275 Å². The van der Waals surface area contributed by atoms with E-state index in [-0.39, 0.29) is 0 Å². The Morgan fingerprint density at radius 1 is 0.333 bits per heavy atom. The molecule has 0 radical (unpaired) electrons. The van der Waals surface area contributed by atoms with Crippen molar-refractivity contribution in [1.82, 2.24) is 18.8 Å². The highest BCUT2D eigenvalue weighted by Crippen LogP contribution is 2.47. The molecule has 4 nitrogen and oxygen atoms in total. The van der Waals surface area contributed by atoms with Crippen LogP contribution in [0.4, 0.5) is 0 Å². The molecule has 0 amide bonds. The molecule has 0 saturated heterocycles. The summed E-state index contributed by atoms with van der Waals surface area (Å²) in [5.74, 6) is 0.716. The van der Waals surface area contributed by atoms with Gasteiger partial charge in [-0.3, -0.25) is 0 Å². The van der Waals surface area contributed by atoms with Crippen molar-refractivity contribution in [2.24, 2.45) is 0 Å². The number of rotatable bonds is 3. The summed E-state index contributed by atoms with van der Waals surface area (Å²) in [6, 6.07) is 56.2.